The van der Waals surface area contributed by atoms with Gasteiger partial charge in [0.25, 0.3) is 0 Å². The van der Waals surface area contributed by atoms with Crippen molar-refractivity contribution in [2.24, 2.45) is 0 Å². The molecule has 0 fully saturated rings. The van der Waals surface area contributed by atoms with Gasteiger partial charge in [0.15, 0.2) is 0 Å². The van der Waals surface area contributed by atoms with Crippen molar-refractivity contribution < 1.29 is 14.3 Å². The number of hydrogen-bond donors (Lipinski definition) is 1. The fourth-order valence-electron chi connectivity index (χ4n) is 0.199. The molecule has 1 N–H and O–H groups in total. The zero-order valence-corrected chi connectivity index (χ0v) is 5.69. The van der Waals surface area contributed by atoms with E-state index in [0.717, 1.165) is 0 Å². The van der Waals surface area contributed by atoms with Crippen molar-refractivity contribution in [1.29, 1.82) is 0 Å². The van der Waals surface area contributed by atoms with Gasteiger partial charge in [0, 0.05) is 4.53 Å². The fraction of sp³-hybridized carbons (Fsp3) is 0.800. The molecular weight excluding hydrogens is 125 g/mol. The molecule has 0 aromatic carbocycles. The zero-order valence-electron chi connectivity index (χ0n) is 5.69. The predicted molar refractivity (Wildman–Crippen MR) is 30.3 cm³/mol. The van der Waals surface area contributed by atoms with Crippen LogP contribution < -0.4 is 5.32 Å². The van der Waals surface area contributed by atoms with E-state index in [1.54, 1.807) is 7.05 Å². The van der Waals surface area contributed by atoms with Gasteiger partial charge in [0.05, 0.1) is 0 Å². The molecule has 0 aliphatic heterocycles. The van der Waals surface area contributed by atoms with E-state index < -0.39 is 11.5 Å². The highest BCUT2D eigenvalue weighted by Gasteiger charge is 2.27. The van der Waals surface area contributed by atoms with Crippen molar-refractivity contribution in [1.82, 2.24) is 5.32 Å². The smallest absolute Gasteiger partial charge is 0.305 e. The van der Waals surface area contributed by atoms with Crippen molar-refractivity contribution in [3.63, 3.8) is 0 Å². The highest BCUT2D eigenvalue weighted by molar-refractivity contribution is 5.79. The number of carbonyl (C=O) groups excluding carboxylic acids is 1. The molecule has 0 amide bonds. The van der Waals surface area contributed by atoms with Crippen molar-refractivity contribution in [3.8, 4) is 0 Å². The van der Waals surface area contributed by atoms with Crippen LogP contribution in [0.1, 0.15) is 13.8 Å². The third kappa shape index (κ3) is 1.97. The largest absolute Gasteiger partial charge is 0.368 e. The minimum Gasteiger partial charge on any atom is -0.305 e. The molecule has 0 aliphatic rings. The summed E-state index contributed by atoms with van der Waals surface area (Å²) in [5, 5.41) is 2.58. The van der Waals surface area contributed by atoms with Crippen LogP contribution >= 0.6 is 0 Å². The highest BCUT2D eigenvalue weighted by Crippen LogP contribution is 2.02. The molecule has 9 heavy (non-hydrogen) atoms. The Hall–Kier alpha value is -0.640. The second-order valence-corrected chi connectivity index (χ2v) is 2.24. The summed E-state index contributed by atoms with van der Waals surface area (Å²) in [6.45, 7) is 3.05. The summed E-state index contributed by atoms with van der Waals surface area (Å²) >= 11 is 0. The van der Waals surface area contributed by atoms with E-state index >= 15 is 0 Å². The van der Waals surface area contributed by atoms with E-state index in [0.29, 0.717) is 0 Å². The number of carbonyl (C=O) groups is 1. The first kappa shape index (κ1) is 8.36. The SMILES string of the molecule is CNC(C)(C)C(=O)OF. The first-order valence-electron chi connectivity index (χ1n) is 2.56. The van der Waals surface area contributed by atoms with Gasteiger partial charge in [0.2, 0.25) is 0 Å². The molecule has 0 saturated carbocycles. The van der Waals surface area contributed by atoms with E-state index in [9.17, 15) is 9.32 Å². The van der Waals surface area contributed by atoms with Crippen LogP contribution in [0.2, 0.25) is 0 Å². The Bertz CT molecular complexity index is 114. The lowest BCUT2D eigenvalue weighted by molar-refractivity contribution is -0.190. The van der Waals surface area contributed by atoms with Crippen LogP contribution in [0.5, 0.6) is 0 Å². The average molecular weight is 135 g/mol. The number of nitrogens with one attached hydrogen (secondary N) is 1. The Kier molecular flexibility index (Phi) is 2.58. The van der Waals surface area contributed by atoms with Crippen LogP contribution in [0, 0.1) is 0 Å². The van der Waals surface area contributed by atoms with Crippen LogP contribution in [0.3, 0.4) is 0 Å². The summed E-state index contributed by atoms with van der Waals surface area (Å²) in [5.74, 6) is -0.912. The van der Waals surface area contributed by atoms with Gasteiger partial charge in [0.1, 0.15) is 5.54 Å². The molecule has 0 heterocycles. The summed E-state index contributed by atoms with van der Waals surface area (Å²) in [4.78, 5) is 13.4. The number of hydrogen-bond acceptors (Lipinski definition) is 3. The van der Waals surface area contributed by atoms with E-state index in [1.807, 2.05) is 0 Å². The quantitative estimate of drug-likeness (QED) is 0.596. The molecule has 0 aliphatic carbocycles. The Morgan fingerprint density at radius 2 is 2.11 bits per heavy atom. The van der Waals surface area contributed by atoms with E-state index in [-0.39, 0.29) is 0 Å². The lowest BCUT2D eigenvalue weighted by atomic mass is 10.1. The maximum atomic E-state index is 11.2. The number of halogens is 1. The second kappa shape index (κ2) is 2.77. The molecule has 0 atom stereocenters. The van der Waals surface area contributed by atoms with Gasteiger partial charge in [-0.15, -0.1) is 0 Å². The summed E-state index contributed by atoms with van der Waals surface area (Å²) < 4.78 is 11.2. The van der Waals surface area contributed by atoms with Gasteiger partial charge in [-0.1, -0.05) is 0 Å². The summed E-state index contributed by atoms with van der Waals surface area (Å²) in [6, 6.07) is 0. The number of likely N-dealkylation sites (N-methyl/N-ethyl adjacent to an activating group) is 1. The lowest BCUT2D eigenvalue weighted by Gasteiger charge is -2.17. The number of rotatable bonds is 2. The van der Waals surface area contributed by atoms with Gasteiger partial charge in [-0.3, -0.25) is 4.94 Å². The van der Waals surface area contributed by atoms with Gasteiger partial charge in [-0.2, -0.15) is 0 Å². The zero-order chi connectivity index (χ0) is 7.49. The monoisotopic (exact) mass is 135 g/mol. The van der Waals surface area contributed by atoms with Gasteiger partial charge < -0.3 is 5.32 Å². The predicted octanol–water partition coefficient (Wildman–Crippen LogP) is 0.412. The first-order valence-corrected chi connectivity index (χ1v) is 2.56. The van der Waals surface area contributed by atoms with Crippen molar-refractivity contribution in [2.45, 2.75) is 19.4 Å². The molecule has 54 valence electrons. The van der Waals surface area contributed by atoms with Crippen LogP contribution in [0.15, 0.2) is 0 Å². The fourth-order valence-corrected chi connectivity index (χ4v) is 0.199. The van der Waals surface area contributed by atoms with Gasteiger partial charge in [-0.05, 0) is 20.9 Å². The summed E-state index contributed by atoms with van der Waals surface area (Å²) in [7, 11) is 1.55. The second-order valence-electron chi connectivity index (χ2n) is 2.24. The Balaban J connectivity index is 3.97. The Labute approximate surface area is 53.1 Å². The summed E-state index contributed by atoms with van der Waals surface area (Å²) in [6.07, 6.45) is 0. The van der Waals surface area contributed by atoms with Crippen LogP contribution in [0.25, 0.3) is 0 Å². The normalized spacial score (nSPS) is 11.1. The van der Waals surface area contributed by atoms with Gasteiger partial charge >= 0.3 is 5.97 Å². The topological polar surface area (TPSA) is 38.3 Å². The molecule has 3 nitrogen and oxygen atoms in total. The van der Waals surface area contributed by atoms with Crippen LogP contribution in [0.4, 0.5) is 4.53 Å². The molecule has 0 rings (SSSR count). The molecule has 0 saturated heterocycles. The standard InChI is InChI=1S/C5H10FNO2/c1-5(2,7-3)4(8)9-6/h7H,1-3H3. The minimum atomic E-state index is -0.936. The maximum absolute atomic E-state index is 11.2. The lowest BCUT2D eigenvalue weighted by Crippen LogP contribution is -2.44. The third-order valence-electron chi connectivity index (χ3n) is 1.21. The van der Waals surface area contributed by atoms with E-state index in [2.05, 4.69) is 10.3 Å². The van der Waals surface area contributed by atoms with Crippen molar-refractivity contribution in [2.75, 3.05) is 7.05 Å². The molecular formula is C5H10FNO2. The van der Waals surface area contributed by atoms with E-state index in [4.69, 9.17) is 0 Å². The molecule has 0 aromatic rings. The molecule has 0 radical (unpaired) electrons. The first-order chi connectivity index (χ1) is 4.04. The third-order valence-corrected chi connectivity index (χ3v) is 1.21. The Morgan fingerprint density at radius 3 is 2.22 bits per heavy atom. The van der Waals surface area contributed by atoms with Gasteiger partial charge in [-0.25, -0.2) is 4.79 Å². The van der Waals surface area contributed by atoms with Crippen molar-refractivity contribution in [3.05, 3.63) is 0 Å². The molecule has 0 spiro atoms. The van der Waals surface area contributed by atoms with Crippen LogP contribution in [-0.2, 0) is 9.74 Å². The molecule has 0 unspecified atom stereocenters. The Morgan fingerprint density at radius 1 is 1.67 bits per heavy atom. The molecule has 4 heteroatoms. The highest BCUT2D eigenvalue weighted by atomic mass is 19.3. The molecule has 0 aromatic heterocycles. The maximum Gasteiger partial charge on any atom is 0.368 e. The van der Waals surface area contributed by atoms with E-state index in [1.165, 1.54) is 13.8 Å². The van der Waals surface area contributed by atoms with Crippen molar-refractivity contribution >= 4 is 5.97 Å². The summed E-state index contributed by atoms with van der Waals surface area (Å²) in [5.41, 5.74) is -0.936. The minimum absolute atomic E-state index is 0.912. The molecule has 0 bridgehead atoms. The average Bonchev–Trinajstić information content (AvgIpc) is 1.86. The van der Waals surface area contributed by atoms with Crippen LogP contribution in [-0.4, -0.2) is 18.6 Å².